The SMILES string of the molecule is CCCCc1nnc(NC(=O)COc2c(Br)cc(C#N)cc2OCC)s1. The first kappa shape index (κ1) is 20.1. The highest BCUT2D eigenvalue weighted by Gasteiger charge is 2.15. The van der Waals surface area contributed by atoms with Crippen molar-refractivity contribution in [3.8, 4) is 17.6 Å². The second-order valence-corrected chi connectivity index (χ2v) is 7.19. The van der Waals surface area contributed by atoms with Crippen LogP contribution >= 0.6 is 27.3 Å². The van der Waals surface area contributed by atoms with Crippen molar-refractivity contribution in [3.63, 3.8) is 0 Å². The van der Waals surface area contributed by atoms with Crippen molar-refractivity contribution in [1.82, 2.24) is 10.2 Å². The van der Waals surface area contributed by atoms with Gasteiger partial charge in [0.2, 0.25) is 5.13 Å². The van der Waals surface area contributed by atoms with Gasteiger partial charge in [-0.3, -0.25) is 10.1 Å². The van der Waals surface area contributed by atoms with Gasteiger partial charge in [0, 0.05) is 12.5 Å². The lowest BCUT2D eigenvalue weighted by Gasteiger charge is -2.13. The molecule has 1 aromatic carbocycles. The average molecular weight is 439 g/mol. The predicted molar refractivity (Wildman–Crippen MR) is 103 cm³/mol. The van der Waals surface area contributed by atoms with Crippen LogP contribution in [0.5, 0.6) is 11.5 Å². The van der Waals surface area contributed by atoms with Gasteiger partial charge < -0.3 is 9.47 Å². The second-order valence-electron chi connectivity index (χ2n) is 5.27. The molecule has 0 saturated carbocycles. The number of halogens is 1. The van der Waals surface area contributed by atoms with Crippen LogP contribution in [0.25, 0.3) is 0 Å². The Bertz CT molecular complexity index is 804. The predicted octanol–water partition coefficient (Wildman–Crippen LogP) is 3.93. The van der Waals surface area contributed by atoms with Crippen molar-refractivity contribution in [2.75, 3.05) is 18.5 Å². The molecule has 9 heteroatoms. The van der Waals surface area contributed by atoms with Crippen molar-refractivity contribution in [3.05, 3.63) is 27.2 Å². The second kappa shape index (κ2) is 10.1. The number of nitriles is 1. The van der Waals surface area contributed by atoms with Crippen molar-refractivity contribution < 1.29 is 14.3 Å². The molecule has 0 bridgehead atoms. The van der Waals surface area contributed by atoms with Crippen molar-refractivity contribution in [1.29, 1.82) is 5.26 Å². The fourth-order valence-corrected chi connectivity index (χ4v) is 3.42. The Hall–Kier alpha value is -2.18. The summed E-state index contributed by atoms with van der Waals surface area (Å²) in [5.74, 6) is 0.438. The Morgan fingerprint density at radius 1 is 1.35 bits per heavy atom. The molecule has 0 radical (unpaired) electrons. The van der Waals surface area contributed by atoms with Gasteiger partial charge in [0.05, 0.1) is 22.7 Å². The topological polar surface area (TPSA) is 97.1 Å². The van der Waals surface area contributed by atoms with E-state index in [1.807, 2.05) is 13.0 Å². The van der Waals surface area contributed by atoms with Gasteiger partial charge >= 0.3 is 0 Å². The molecule has 138 valence electrons. The molecule has 26 heavy (non-hydrogen) atoms. The molecule has 7 nitrogen and oxygen atoms in total. The van der Waals surface area contributed by atoms with E-state index in [4.69, 9.17) is 14.7 Å². The van der Waals surface area contributed by atoms with Gasteiger partial charge in [-0.1, -0.05) is 24.7 Å². The first-order valence-electron chi connectivity index (χ1n) is 8.18. The van der Waals surface area contributed by atoms with Crippen molar-refractivity contribution in [2.45, 2.75) is 33.1 Å². The summed E-state index contributed by atoms with van der Waals surface area (Å²) < 4.78 is 11.6. The van der Waals surface area contributed by atoms with Crippen LogP contribution in [-0.2, 0) is 11.2 Å². The van der Waals surface area contributed by atoms with Gasteiger partial charge in [0.15, 0.2) is 18.1 Å². The van der Waals surface area contributed by atoms with Crippen LogP contribution in [-0.4, -0.2) is 29.3 Å². The van der Waals surface area contributed by atoms with Gasteiger partial charge in [0.1, 0.15) is 5.01 Å². The lowest BCUT2D eigenvalue weighted by Crippen LogP contribution is -2.20. The van der Waals surface area contributed by atoms with Crippen LogP contribution in [0.1, 0.15) is 37.3 Å². The van der Waals surface area contributed by atoms with E-state index in [9.17, 15) is 4.79 Å². The highest BCUT2D eigenvalue weighted by molar-refractivity contribution is 9.10. The normalized spacial score (nSPS) is 10.2. The average Bonchev–Trinajstić information content (AvgIpc) is 3.06. The Labute approximate surface area is 164 Å². The summed E-state index contributed by atoms with van der Waals surface area (Å²) in [6, 6.07) is 5.24. The van der Waals surface area contributed by atoms with E-state index in [0.29, 0.717) is 33.3 Å². The number of aromatic nitrogens is 2. The maximum Gasteiger partial charge on any atom is 0.264 e. The maximum atomic E-state index is 12.1. The number of unbranched alkanes of at least 4 members (excludes halogenated alkanes) is 1. The third-order valence-electron chi connectivity index (χ3n) is 3.24. The summed E-state index contributed by atoms with van der Waals surface area (Å²) in [7, 11) is 0. The van der Waals surface area contributed by atoms with Gasteiger partial charge in [0.25, 0.3) is 5.91 Å². The highest BCUT2D eigenvalue weighted by Crippen LogP contribution is 2.36. The number of hydrogen-bond acceptors (Lipinski definition) is 7. The number of ether oxygens (including phenoxy) is 2. The number of nitrogens with zero attached hydrogens (tertiary/aromatic N) is 3. The van der Waals surface area contributed by atoms with Crippen LogP contribution in [0.3, 0.4) is 0 Å². The number of hydrogen-bond donors (Lipinski definition) is 1. The first-order chi connectivity index (χ1) is 12.6. The molecule has 0 saturated heterocycles. The van der Waals surface area contributed by atoms with Gasteiger partial charge in [-0.05, 0) is 35.3 Å². The van der Waals surface area contributed by atoms with E-state index in [1.54, 1.807) is 12.1 Å². The van der Waals surface area contributed by atoms with Gasteiger partial charge in [-0.25, -0.2) is 0 Å². The van der Waals surface area contributed by atoms with Crippen LogP contribution in [0.15, 0.2) is 16.6 Å². The zero-order chi connectivity index (χ0) is 18.9. The molecule has 0 aliphatic heterocycles. The molecular weight excluding hydrogens is 420 g/mol. The molecule has 0 fully saturated rings. The molecule has 1 aromatic heterocycles. The third-order valence-corrected chi connectivity index (χ3v) is 4.73. The number of carbonyl (C=O) groups excluding carboxylic acids is 1. The minimum atomic E-state index is -0.345. The summed E-state index contributed by atoms with van der Waals surface area (Å²) in [6.07, 6.45) is 2.98. The Morgan fingerprint density at radius 3 is 2.85 bits per heavy atom. The highest BCUT2D eigenvalue weighted by atomic mass is 79.9. The number of rotatable bonds is 9. The molecule has 2 rings (SSSR count). The summed E-state index contributed by atoms with van der Waals surface area (Å²) in [6.45, 7) is 4.14. The van der Waals surface area contributed by atoms with E-state index in [2.05, 4.69) is 38.4 Å². The maximum absolute atomic E-state index is 12.1. The molecule has 0 aliphatic rings. The van der Waals surface area contributed by atoms with Gasteiger partial charge in [-0.2, -0.15) is 5.26 Å². The fourth-order valence-electron chi connectivity index (χ4n) is 2.06. The van der Waals surface area contributed by atoms with Crippen LogP contribution in [0.2, 0.25) is 0 Å². The van der Waals surface area contributed by atoms with Crippen LogP contribution < -0.4 is 14.8 Å². The van der Waals surface area contributed by atoms with E-state index >= 15 is 0 Å². The lowest BCUT2D eigenvalue weighted by atomic mass is 10.2. The lowest BCUT2D eigenvalue weighted by molar-refractivity contribution is -0.118. The van der Waals surface area contributed by atoms with E-state index in [1.165, 1.54) is 11.3 Å². The first-order valence-corrected chi connectivity index (χ1v) is 9.79. The largest absolute Gasteiger partial charge is 0.490 e. The van der Waals surface area contributed by atoms with E-state index in [-0.39, 0.29) is 12.5 Å². The van der Waals surface area contributed by atoms with Crippen molar-refractivity contribution in [2.24, 2.45) is 0 Å². The van der Waals surface area contributed by atoms with E-state index < -0.39 is 0 Å². The molecule has 0 spiro atoms. The van der Waals surface area contributed by atoms with Crippen LogP contribution in [0, 0.1) is 11.3 Å². The quantitative estimate of drug-likeness (QED) is 0.636. The summed E-state index contributed by atoms with van der Waals surface area (Å²) in [5.41, 5.74) is 0.436. The molecule has 1 heterocycles. The molecule has 2 aromatic rings. The standard InChI is InChI=1S/C17H19BrN4O3S/c1-3-5-6-15-21-22-17(26-15)20-14(23)10-25-16-12(18)7-11(9-19)8-13(16)24-4-2/h7-8H,3-6,10H2,1-2H3,(H,20,22,23). The number of carbonyl (C=O) groups is 1. The monoisotopic (exact) mass is 438 g/mol. The fraction of sp³-hybridized carbons (Fsp3) is 0.412. The Kier molecular flexibility index (Phi) is 7.81. The minimum absolute atomic E-state index is 0.214. The molecule has 1 amide bonds. The summed E-state index contributed by atoms with van der Waals surface area (Å²) >= 11 is 4.71. The number of anilines is 1. The van der Waals surface area contributed by atoms with Gasteiger partial charge in [-0.15, -0.1) is 10.2 Å². The van der Waals surface area contributed by atoms with Crippen molar-refractivity contribution >= 4 is 38.3 Å². The molecule has 1 N–H and O–H groups in total. The molecule has 0 unspecified atom stereocenters. The zero-order valence-electron chi connectivity index (χ0n) is 14.5. The zero-order valence-corrected chi connectivity index (χ0v) is 16.9. The Balaban J connectivity index is 1.98. The minimum Gasteiger partial charge on any atom is -0.490 e. The third kappa shape index (κ3) is 5.68. The smallest absolute Gasteiger partial charge is 0.264 e. The van der Waals surface area contributed by atoms with Crippen LogP contribution in [0.4, 0.5) is 5.13 Å². The summed E-state index contributed by atoms with van der Waals surface area (Å²) in [5, 5.41) is 21.1. The number of benzene rings is 1. The van der Waals surface area contributed by atoms with E-state index in [0.717, 1.165) is 24.3 Å². The molecule has 0 aliphatic carbocycles. The molecular formula is C17H19BrN4O3S. The summed E-state index contributed by atoms with van der Waals surface area (Å²) in [4.78, 5) is 12.1. The number of nitrogens with one attached hydrogen (secondary N) is 1. The molecule has 0 atom stereocenters. The number of aryl methyl sites for hydroxylation is 1. The Morgan fingerprint density at radius 2 is 2.15 bits per heavy atom. The number of amides is 1.